The fourth-order valence-corrected chi connectivity index (χ4v) is 1.41. The molecule has 2 heteroatoms. The summed E-state index contributed by atoms with van der Waals surface area (Å²) < 4.78 is 0. The Morgan fingerprint density at radius 3 is 2.55 bits per heavy atom. The van der Waals surface area contributed by atoms with E-state index in [2.05, 4.69) is 16.5 Å². The molecule has 0 aromatic heterocycles. The SMILES string of the molecule is C=C(/C=N/C)N1CCCCC1. The van der Waals surface area contributed by atoms with E-state index in [1.165, 1.54) is 19.3 Å². The molecule has 0 radical (unpaired) electrons. The standard InChI is InChI=1S/C9H16N2/c1-9(8-10-2)11-6-4-3-5-7-11/h8H,1,3-7H2,2H3/b10-8+. The topological polar surface area (TPSA) is 15.6 Å². The van der Waals surface area contributed by atoms with Crippen molar-refractivity contribution in [3.05, 3.63) is 12.3 Å². The Morgan fingerprint density at radius 2 is 2.00 bits per heavy atom. The minimum Gasteiger partial charge on any atom is -0.371 e. The molecular weight excluding hydrogens is 136 g/mol. The molecule has 1 fully saturated rings. The van der Waals surface area contributed by atoms with E-state index in [0.717, 1.165) is 18.8 Å². The van der Waals surface area contributed by atoms with Gasteiger partial charge in [0.05, 0.1) is 0 Å². The van der Waals surface area contributed by atoms with E-state index in [1.807, 2.05) is 6.21 Å². The zero-order valence-electron chi connectivity index (χ0n) is 7.21. The van der Waals surface area contributed by atoms with Crippen molar-refractivity contribution in [2.75, 3.05) is 20.1 Å². The fraction of sp³-hybridized carbons (Fsp3) is 0.667. The van der Waals surface area contributed by atoms with Gasteiger partial charge in [0.25, 0.3) is 0 Å². The summed E-state index contributed by atoms with van der Waals surface area (Å²) in [7, 11) is 1.79. The Hall–Kier alpha value is -0.790. The lowest BCUT2D eigenvalue weighted by Crippen LogP contribution is -2.29. The first-order valence-corrected chi connectivity index (χ1v) is 4.20. The first-order valence-electron chi connectivity index (χ1n) is 4.20. The van der Waals surface area contributed by atoms with Crippen molar-refractivity contribution < 1.29 is 0 Å². The minimum atomic E-state index is 1.06. The summed E-state index contributed by atoms with van der Waals surface area (Å²) in [6.45, 7) is 6.26. The molecule has 62 valence electrons. The molecule has 0 unspecified atom stereocenters. The average Bonchev–Trinajstić information content (AvgIpc) is 2.07. The van der Waals surface area contributed by atoms with E-state index in [9.17, 15) is 0 Å². The van der Waals surface area contributed by atoms with Crippen LogP contribution in [0.25, 0.3) is 0 Å². The van der Waals surface area contributed by atoms with Crippen molar-refractivity contribution in [3.8, 4) is 0 Å². The first-order chi connectivity index (χ1) is 5.34. The van der Waals surface area contributed by atoms with Gasteiger partial charge in [-0.1, -0.05) is 6.58 Å². The smallest absolute Gasteiger partial charge is 0.0474 e. The van der Waals surface area contributed by atoms with Gasteiger partial charge in [-0.2, -0.15) is 0 Å². The highest BCUT2D eigenvalue weighted by atomic mass is 15.1. The highest BCUT2D eigenvalue weighted by Crippen LogP contribution is 2.11. The van der Waals surface area contributed by atoms with E-state index >= 15 is 0 Å². The highest BCUT2D eigenvalue weighted by Gasteiger charge is 2.09. The molecule has 0 aliphatic carbocycles. The summed E-state index contributed by atoms with van der Waals surface area (Å²) in [5, 5.41) is 0. The predicted molar refractivity (Wildman–Crippen MR) is 49.0 cm³/mol. The Bertz CT molecular complexity index is 155. The van der Waals surface area contributed by atoms with Gasteiger partial charge in [-0.15, -0.1) is 0 Å². The average molecular weight is 152 g/mol. The van der Waals surface area contributed by atoms with E-state index in [-0.39, 0.29) is 0 Å². The molecule has 0 atom stereocenters. The van der Waals surface area contributed by atoms with Crippen LogP contribution in [-0.2, 0) is 0 Å². The number of allylic oxidation sites excluding steroid dienone is 1. The van der Waals surface area contributed by atoms with Crippen molar-refractivity contribution in [2.24, 2.45) is 4.99 Å². The monoisotopic (exact) mass is 152 g/mol. The summed E-state index contributed by atoms with van der Waals surface area (Å²) in [5.74, 6) is 0. The lowest BCUT2D eigenvalue weighted by Gasteiger charge is -2.28. The summed E-state index contributed by atoms with van der Waals surface area (Å²) >= 11 is 0. The Balaban J connectivity index is 2.38. The second-order valence-corrected chi connectivity index (χ2v) is 2.93. The summed E-state index contributed by atoms with van der Waals surface area (Å²) in [5.41, 5.74) is 1.06. The molecule has 11 heavy (non-hydrogen) atoms. The fourth-order valence-electron chi connectivity index (χ4n) is 1.41. The number of likely N-dealkylation sites (tertiary alicyclic amines) is 1. The molecule has 0 amide bonds. The van der Waals surface area contributed by atoms with Crippen molar-refractivity contribution in [1.82, 2.24) is 4.90 Å². The molecule has 0 spiro atoms. The van der Waals surface area contributed by atoms with Gasteiger partial charge in [0, 0.05) is 32.0 Å². The predicted octanol–water partition coefficient (Wildman–Crippen LogP) is 1.69. The summed E-state index contributed by atoms with van der Waals surface area (Å²) in [4.78, 5) is 6.25. The normalized spacial score (nSPS) is 19.2. The molecule has 1 aliphatic heterocycles. The third-order valence-corrected chi connectivity index (χ3v) is 2.04. The van der Waals surface area contributed by atoms with Crippen LogP contribution in [0.1, 0.15) is 19.3 Å². The largest absolute Gasteiger partial charge is 0.371 e. The van der Waals surface area contributed by atoms with E-state index in [0.29, 0.717) is 0 Å². The van der Waals surface area contributed by atoms with Gasteiger partial charge >= 0.3 is 0 Å². The van der Waals surface area contributed by atoms with Crippen molar-refractivity contribution in [2.45, 2.75) is 19.3 Å². The molecule has 1 aliphatic rings. The first kappa shape index (κ1) is 8.31. The molecule has 0 saturated carbocycles. The molecule has 1 heterocycles. The van der Waals surface area contributed by atoms with Crippen LogP contribution in [0.15, 0.2) is 17.3 Å². The lowest BCUT2D eigenvalue weighted by atomic mass is 10.1. The van der Waals surface area contributed by atoms with Gasteiger partial charge in [-0.05, 0) is 19.3 Å². The molecular formula is C9H16N2. The number of rotatable bonds is 2. The summed E-state index contributed by atoms with van der Waals surface area (Å²) in [6.07, 6.45) is 5.81. The zero-order valence-corrected chi connectivity index (χ0v) is 7.21. The molecule has 1 saturated heterocycles. The van der Waals surface area contributed by atoms with Crippen LogP contribution in [-0.4, -0.2) is 31.3 Å². The maximum Gasteiger partial charge on any atom is 0.0474 e. The third-order valence-electron chi connectivity index (χ3n) is 2.04. The number of aliphatic imine (C=N–C) groups is 1. The van der Waals surface area contributed by atoms with Crippen molar-refractivity contribution in [3.63, 3.8) is 0 Å². The molecule has 2 nitrogen and oxygen atoms in total. The van der Waals surface area contributed by atoms with E-state index in [1.54, 1.807) is 7.05 Å². The molecule has 0 aromatic carbocycles. The Kier molecular flexibility index (Phi) is 3.14. The Morgan fingerprint density at radius 1 is 1.36 bits per heavy atom. The molecule has 0 aromatic rings. The van der Waals surface area contributed by atoms with Crippen LogP contribution in [0.2, 0.25) is 0 Å². The number of hydrogen-bond acceptors (Lipinski definition) is 2. The van der Waals surface area contributed by atoms with Gasteiger partial charge in [0.15, 0.2) is 0 Å². The highest BCUT2D eigenvalue weighted by molar-refractivity contribution is 5.76. The number of nitrogens with zero attached hydrogens (tertiary/aromatic N) is 2. The van der Waals surface area contributed by atoms with Crippen LogP contribution >= 0.6 is 0 Å². The third kappa shape index (κ3) is 2.37. The molecule has 0 N–H and O–H groups in total. The van der Waals surface area contributed by atoms with Gasteiger partial charge < -0.3 is 4.90 Å². The lowest BCUT2D eigenvalue weighted by molar-refractivity contribution is 0.299. The van der Waals surface area contributed by atoms with Gasteiger partial charge in [0.1, 0.15) is 0 Å². The number of piperidine rings is 1. The van der Waals surface area contributed by atoms with Crippen LogP contribution in [0.3, 0.4) is 0 Å². The minimum absolute atomic E-state index is 1.06. The Labute approximate surface area is 68.6 Å². The zero-order chi connectivity index (χ0) is 8.10. The van der Waals surface area contributed by atoms with Crippen LogP contribution in [0.5, 0.6) is 0 Å². The quantitative estimate of drug-likeness (QED) is 0.550. The van der Waals surface area contributed by atoms with Crippen LogP contribution < -0.4 is 0 Å². The van der Waals surface area contributed by atoms with Gasteiger partial charge in [0.2, 0.25) is 0 Å². The maximum atomic E-state index is 3.94. The van der Waals surface area contributed by atoms with Gasteiger partial charge in [-0.3, -0.25) is 4.99 Å². The number of hydrogen-bond donors (Lipinski definition) is 0. The van der Waals surface area contributed by atoms with E-state index in [4.69, 9.17) is 0 Å². The second-order valence-electron chi connectivity index (χ2n) is 2.93. The maximum absolute atomic E-state index is 3.94. The van der Waals surface area contributed by atoms with Crippen LogP contribution in [0, 0.1) is 0 Å². The van der Waals surface area contributed by atoms with Gasteiger partial charge in [-0.25, -0.2) is 0 Å². The van der Waals surface area contributed by atoms with Crippen molar-refractivity contribution >= 4 is 6.21 Å². The molecule has 1 rings (SSSR count). The van der Waals surface area contributed by atoms with E-state index < -0.39 is 0 Å². The second kappa shape index (κ2) is 4.16. The summed E-state index contributed by atoms with van der Waals surface area (Å²) in [6, 6.07) is 0. The van der Waals surface area contributed by atoms with Crippen LogP contribution in [0.4, 0.5) is 0 Å². The molecule has 0 bridgehead atoms. The van der Waals surface area contributed by atoms with Crippen molar-refractivity contribution in [1.29, 1.82) is 0 Å².